The van der Waals surface area contributed by atoms with Crippen molar-refractivity contribution in [1.82, 2.24) is 4.57 Å². The number of hydrogen-bond donors (Lipinski definition) is 0. The van der Waals surface area contributed by atoms with Crippen LogP contribution in [0.2, 0.25) is 0 Å². The van der Waals surface area contributed by atoms with Gasteiger partial charge in [-0.25, -0.2) is 0 Å². The molecule has 1 aliphatic carbocycles. The minimum atomic E-state index is 0.874. The Morgan fingerprint density at radius 1 is 1.21 bits per heavy atom. The van der Waals surface area contributed by atoms with Gasteiger partial charge >= 0.3 is 0 Å². The Kier molecular flexibility index (Phi) is 1.53. The van der Waals surface area contributed by atoms with Crippen LogP contribution >= 0.6 is 0 Å². The van der Waals surface area contributed by atoms with Crippen LogP contribution in [0.15, 0.2) is 29.3 Å². The summed E-state index contributed by atoms with van der Waals surface area (Å²) < 4.78 is 2.27. The fourth-order valence-electron chi connectivity index (χ4n) is 1.86. The molecule has 0 fully saturated rings. The van der Waals surface area contributed by atoms with Gasteiger partial charge in [-0.2, -0.15) is 0 Å². The van der Waals surface area contributed by atoms with Gasteiger partial charge in [0, 0.05) is 17.1 Å². The van der Waals surface area contributed by atoms with Gasteiger partial charge in [0.2, 0.25) is 0 Å². The summed E-state index contributed by atoms with van der Waals surface area (Å²) in [6, 6.07) is 2.17. The SMILES string of the molecule is C1=CC=c2c(cc3n2CC=NC=3)C=C1. The van der Waals surface area contributed by atoms with E-state index in [1.807, 2.05) is 18.5 Å². The van der Waals surface area contributed by atoms with E-state index in [4.69, 9.17) is 0 Å². The monoisotopic (exact) mass is 182 g/mol. The van der Waals surface area contributed by atoms with Gasteiger partial charge in [0.15, 0.2) is 0 Å². The van der Waals surface area contributed by atoms with Crippen molar-refractivity contribution < 1.29 is 0 Å². The van der Waals surface area contributed by atoms with Gasteiger partial charge < -0.3 is 4.57 Å². The summed E-state index contributed by atoms with van der Waals surface area (Å²) in [5, 5.41) is 2.46. The summed E-state index contributed by atoms with van der Waals surface area (Å²) in [6.07, 6.45) is 14.3. The van der Waals surface area contributed by atoms with Crippen LogP contribution in [-0.4, -0.2) is 10.8 Å². The molecule has 2 nitrogen and oxygen atoms in total. The number of rotatable bonds is 0. The molecule has 2 heteroatoms. The molecule has 0 bridgehead atoms. The van der Waals surface area contributed by atoms with E-state index in [1.165, 1.54) is 16.3 Å². The van der Waals surface area contributed by atoms with Crippen LogP contribution < -0.4 is 10.7 Å². The summed E-state index contributed by atoms with van der Waals surface area (Å²) in [7, 11) is 0. The summed E-state index contributed by atoms with van der Waals surface area (Å²) in [6.45, 7) is 0.874. The van der Waals surface area contributed by atoms with Crippen molar-refractivity contribution in [3.63, 3.8) is 0 Å². The Balaban J connectivity index is 2.42. The van der Waals surface area contributed by atoms with Crippen LogP contribution in [0.25, 0.3) is 18.4 Å². The topological polar surface area (TPSA) is 17.3 Å². The Bertz CT molecular complexity index is 568. The highest BCUT2D eigenvalue weighted by molar-refractivity contribution is 5.65. The van der Waals surface area contributed by atoms with E-state index in [-0.39, 0.29) is 0 Å². The molecule has 0 unspecified atom stereocenters. The maximum atomic E-state index is 4.16. The zero-order valence-electron chi connectivity index (χ0n) is 7.72. The summed E-state index contributed by atoms with van der Waals surface area (Å²) in [5.74, 6) is 0. The average Bonchev–Trinajstić information content (AvgIpc) is 2.42. The zero-order chi connectivity index (χ0) is 9.38. The molecule has 0 atom stereocenters. The second-order valence-electron chi connectivity index (χ2n) is 3.39. The molecule has 1 aliphatic heterocycles. The molecule has 0 N–H and O–H groups in total. The van der Waals surface area contributed by atoms with Crippen LogP contribution in [0.1, 0.15) is 5.56 Å². The molecule has 0 saturated carbocycles. The van der Waals surface area contributed by atoms with Crippen molar-refractivity contribution in [1.29, 1.82) is 0 Å². The number of hydrogen-bond acceptors (Lipinski definition) is 1. The molecule has 3 rings (SSSR count). The van der Waals surface area contributed by atoms with E-state index >= 15 is 0 Å². The number of allylic oxidation sites excluding steroid dienone is 3. The highest BCUT2D eigenvalue weighted by Gasteiger charge is 2.04. The maximum absolute atomic E-state index is 4.16. The van der Waals surface area contributed by atoms with Gasteiger partial charge in [0.25, 0.3) is 0 Å². The molecular weight excluding hydrogens is 172 g/mol. The lowest BCUT2D eigenvalue weighted by atomic mass is 10.3. The summed E-state index contributed by atoms with van der Waals surface area (Å²) in [4.78, 5) is 4.16. The fraction of sp³-hybridized carbons (Fsp3) is 0.0833. The van der Waals surface area contributed by atoms with E-state index in [1.54, 1.807) is 0 Å². The van der Waals surface area contributed by atoms with E-state index in [0.717, 1.165) is 6.54 Å². The van der Waals surface area contributed by atoms with Gasteiger partial charge in [-0.3, -0.25) is 4.99 Å². The molecule has 14 heavy (non-hydrogen) atoms. The third-order valence-electron chi connectivity index (χ3n) is 2.53. The molecule has 1 aromatic heterocycles. The quantitative estimate of drug-likeness (QED) is 0.561. The first-order chi connectivity index (χ1) is 6.95. The Hall–Kier alpha value is -1.83. The van der Waals surface area contributed by atoms with E-state index < -0.39 is 0 Å². The highest BCUT2D eigenvalue weighted by atomic mass is 15.0. The van der Waals surface area contributed by atoms with Crippen LogP contribution in [0.3, 0.4) is 0 Å². The third kappa shape index (κ3) is 1.01. The second-order valence-corrected chi connectivity index (χ2v) is 3.39. The minimum absolute atomic E-state index is 0.874. The Morgan fingerprint density at radius 3 is 3.21 bits per heavy atom. The fourth-order valence-corrected chi connectivity index (χ4v) is 1.86. The lowest BCUT2D eigenvalue weighted by molar-refractivity contribution is 0.804. The molecule has 0 aromatic carbocycles. The van der Waals surface area contributed by atoms with E-state index in [9.17, 15) is 0 Å². The van der Waals surface area contributed by atoms with E-state index in [2.05, 4.69) is 39.9 Å². The van der Waals surface area contributed by atoms with E-state index in [0.29, 0.717) is 0 Å². The van der Waals surface area contributed by atoms with Gasteiger partial charge in [0.05, 0.1) is 18.1 Å². The van der Waals surface area contributed by atoms with Crippen molar-refractivity contribution in [2.24, 2.45) is 4.99 Å². The van der Waals surface area contributed by atoms with Crippen molar-refractivity contribution in [2.45, 2.75) is 6.54 Å². The minimum Gasteiger partial charge on any atom is -0.334 e. The lowest BCUT2D eigenvalue weighted by Gasteiger charge is -2.02. The molecule has 2 aliphatic rings. The number of aromatic nitrogens is 1. The third-order valence-corrected chi connectivity index (χ3v) is 2.53. The lowest BCUT2D eigenvalue weighted by Crippen LogP contribution is -2.29. The van der Waals surface area contributed by atoms with Gasteiger partial charge in [-0.1, -0.05) is 24.3 Å². The standard InChI is InChI=1S/C12H10N2/c1-2-4-10-8-11-9-13-6-7-14(11)12(10)5-3-1/h1-6,8-9H,7H2. The molecule has 68 valence electrons. The average molecular weight is 182 g/mol. The molecule has 1 aromatic rings. The Labute approximate surface area is 81.9 Å². The largest absolute Gasteiger partial charge is 0.334 e. The van der Waals surface area contributed by atoms with Crippen LogP contribution in [0.5, 0.6) is 0 Å². The zero-order valence-corrected chi connectivity index (χ0v) is 7.72. The highest BCUT2D eigenvalue weighted by Crippen LogP contribution is 1.99. The van der Waals surface area contributed by atoms with Crippen molar-refractivity contribution >= 4 is 24.6 Å². The summed E-state index contributed by atoms with van der Waals surface area (Å²) in [5.41, 5.74) is 1.27. The Morgan fingerprint density at radius 2 is 2.21 bits per heavy atom. The maximum Gasteiger partial charge on any atom is 0.0606 e. The normalized spacial score (nSPS) is 16.6. The van der Waals surface area contributed by atoms with Crippen molar-refractivity contribution in [3.05, 3.63) is 40.6 Å². The smallest absolute Gasteiger partial charge is 0.0606 e. The van der Waals surface area contributed by atoms with Gasteiger partial charge in [-0.05, 0) is 12.1 Å². The molecule has 0 amide bonds. The number of fused-ring (bicyclic) bond motifs is 3. The first-order valence-electron chi connectivity index (χ1n) is 4.71. The van der Waals surface area contributed by atoms with Crippen LogP contribution in [0.4, 0.5) is 0 Å². The first kappa shape index (κ1) is 7.56. The van der Waals surface area contributed by atoms with Crippen LogP contribution in [0, 0.1) is 0 Å². The van der Waals surface area contributed by atoms with Crippen LogP contribution in [-0.2, 0) is 6.54 Å². The first-order valence-corrected chi connectivity index (χ1v) is 4.71. The number of aliphatic imine (C=N–C) groups is 1. The predicted molar refractivity (Wildman–Crippen MR) is 59.3 cm³/mol. The van der Waals surface area contributed by atoms with Gasteiger partial charge in [0.1, 0.15) is 0 Å². The summed E-state index contributed by atoms with van der Waals surface area (Å²) >= 11 is 0. The van der Waals surface area contributed by atoms with Gasteiger partial charge in [-0.15, -0.1) is 0 Å². The molecule has 0 spiro atoms. The molecular formula is C12H10N2. The molecule has 2 heterocycles. The second kappa shape index (κ2) is 2.84. The van der Waals surface area contributed by atoms with Crippen molar-refractivity contribution in [2.75, 3.05) is 0 Å². The molecule has 0 saturated heterocycles. The predicted octanol–water partition coefficient (Wildman–Crippen LogP) is 0.674. The molecule has 0 radical (unpaired) electrons. The number of nitrogens with zero attached hydrogens (tertiary/aromatic N) is 2. The van der Waals surface area contributed by atoms with Crippen molar-refractivity contribution in [3.8, 4) is 0 Å².